The summed E-state index contributed by atoms with van der Waals surface area (Å²) in [6.45, 7) is 5.97. The molecule has 0 spiro atoms. The van der Waals surface area contributed by atoms with Gasteiger partial charge in [-0.1, -0.05) is 18.2 Å². The van der Waals surface area contributed by atoms with Crippen LogP contribution >= 0.6 is 0 Å². The predicted octanol–water partition coefficient (Wildman–Crippen LogP) is 3.83. The number of carbonyl (C=O) groups excluding carboxylic acids is 1. The molecule has 0 aliphatic rings. The molecule has 0 saturated heterocycles. The first kappa shape index (κ1) is 12.4. The topological polar surface area (TPSA) is 26.3 Å². The van der Waals surface area contributed by atoms with E-state index in [4.69, 9.17) is 4.74 Å². The molecule has 2 heteroatoms. The molecule has 2 rings (SSSR count). The number of rotatable bonds is 2. The molecule has 2 nitrogen and oxygen atoms in total. The summed E-state index contributed by atoms with van der Waals surface area (Å²) in [4.78, 5) is 12.0. The van der Waals surface area contributed by atoms with Gasteiger partial charge in [0.05, 0.1) is 5.56 Å². The quantitative estimate of drug-likeness (QED) is 0.589. The van der Waals surface area contributed by atoms with Crippen molar-refractivity contribution in [2.75, 3.05) is 0 Å². The first-order chi connectivity index (χ1) is 8.56. The Morgan fingerprint density at radius 2 is 1.72 bits per heavy atom. The highest BCUT2D eigenvalue weighted by atomic mass is 16.5. The third-order valence-corrected chi connectivity index (χ3v) is 2.94. The molecule has 0 amide bonds. The standard InChI is InChI=1S/C16H16O2/c1-11-5-4-6-15(9-11)18-16(17)14-8-7-12(2)13(3)10-14/h4-10H,1-3H3. The normalized spacial score (nSPS) is 10.2. The van der Waals surface area contributed by atoms with E-state index in [9.17, 15) is 4.79 Å². The zero-order valence-corrected chi connectivity index (χ0v) is 10.9. The minimum atomic E-state index is -0.316. The molecule has 0 aliphatic carbocycles. The van der Waals surface area contributed by atoms with Gasteiger partial charge >= 0.3 is 5.97 Å². The molecule has 92 valence electrons. The van der Waals surface area contributed by atoms with Crippen LogP contribution in [0.5, 0.6) is 5.75 Å². The number of carbonyl (C=O) groups is 1. The van der Waals surface area contributed by atoms with Crippen molar-refractivity contribution < 1.29 is 9.53 Å². The molecule has 0 saturated carbocycles. The Bertz CT molecular complexity index is 585. The lowest BCUT2D eigenvalue weighted by Crippen LogP contribution is -2.08. The average Bonchev–Trinajstić information content (AvgIpc) is 2.32. The lowest BCUT2D eigenvalue weighted by molar-refractivity contribution is 0.0734. The monoisotopic (exact) mass is 240 g/mol. The van der Waals surface area contributed by atoms with E-state index < -0.39 is 0 Å². The van der Waals surface area contributed by atoms with Gasteiger partial charge in [-0.15, -0.1) is 0 Å². The Kier molecular flexibility index (Phi) is 3.47. The summed E-state index contributed by atoms with van der Waals surface area (Å²) in [5, 5.41) is 0. The van der Waals surface area contributed by atoms with E-state index in [-0.39, 0.29) is 5.97 Å². The van der Waals surface area contributed by atoms with Crippen LogP contribution in [-0.4, -0.2) is 5.97 Å². The SMILES string of the molecule is Cc1cccc(OC(=O)c2ccc(C)c(C)c2)c1. The lowest BCUT2D eigenvalue weighted by Gasteiger charge is -2.06. The third-order valence-electron chi connectivity index (χ3n) is 2.94. The first-order valence-electron chi connectivity index (χ1n) is 5.92. The Balaban J connectivity index is 2.19. The minimum absolute atomic E-state index is 0.316. The summed E-state index contributed by atoms with van der Waals surface area (Å²) in [6.07, 6.45) is 0. The van der Waals surface area contributed by atoms with Crippen LogP contribution in [0.1, 0.15) is 27.0 Å². The minimum Gasteiger partial charge on any atom is -0.423 e. The van der Waals surface area contributed by atoms with Crippen molar-refractivity contribution in [2.24, 2.45) is 0 Å². The zero-order valence-electron chi connectivity index (χ0n) is 10.9. The van der Waals surface area contributed by atoms with Gasteiger partial charge in [0.2, 0.25) is 0 Å². The van der Waals surface area contributed by atoms with Crippen LogP contribution in [0.4, 0.5) is 0 Å². The molecule has 2 aromatic carbocycles. The van der Waals surface area contributed by atoms with Gasteiger partial charge in [0.15, 0.2) is 0 Å². The summed E-state index contributed by atoms with van der Waals surface area (Å²) in [6, 6.07) is 13.0. The van der Waals surface area contributed by atoms with Crippen LogP contribution in [0.15, 0.2) is 42.5 Å². The highest BCUT2D eigenvalue weighted by molar-refractivity contribution is 5.91. The molecule has 0 aliphatic heterocycles. The van der Waals surface area contributed by atoms with Crippen LogP contribution < -0.4 is 4.74 Å². The zero-order chi connectivity index (χ0) is 13.1. The van der Waals surface area contributed by atoms with Crippen molar-refractivity contribution in [3.8, 4) is 5.75 Å². The summed E-state index contributed by atoms with van der Waals surface area (Å²) in [5.74, 6) is 0.266. The molecule has 0 unspecified atom stereocenters. The summed E-state index contributed by atoms with van der Waals surface area (Å²) in [7, 11) is 0. The molecule has 18 heavy (non-hydrogen) atoms. The van der Waals surface area contributed by atoms with E-state index in [0.717, 1.165) is 11.1 Å². The van der Waals surface area contributed by atoms with E-state index >= 15 is 0 Å². The van der Waals surface area contributed by atoms with E-state index in [1.54, 1.807) is 12.1 Å². The Morgan fingerprint density at radius 3 is 2.39 bits per heavy atom. The maximum absolute atomic E-state index is 12.0. The molecule has 0 N–H and O–H groups in total. The van der Waals surface area contributed by atoms with Crippen molar-refractivity contribution in [3.63, 3.8) is 0 Å². The molecular weight excluding hydrogens is 224 g/mol. The highest BCUT2D eigenvalue weighted by Gasteiger charge is 2.09. The molecule has 0 bridgehead atoms. The maximum atomic E-state index is 12.0. The first-order valence-corrected chi connectivity index (χ1v) is 5.92. The van der Waals surface area contributed by atoms with E-state index in [1.807, 2.05) is 51.1 Å². The number of esters is 1. The van der Waals surface area contributed by atoms with Crippen LogP contribution in [0.25, 0.3) is 0 Å². The largest absolute Gasteiger partial charge is 0.423 e. The van der Waals surface area contributed by atoms with E-state index in [0.29, 0.717) is 11.3 Å². The molecular formula is C16H16O2. The van der Waals surface area contributed by atoms with Crippen molar-refractivity contribution >= 4 is 5.97 Å². The van der Waals surface area contributed by atoms with Crippen LogP contribution in [0.2, 0.25) is 0 Å². The highest BCUT2D eigenvalue weighted by Crippen LogP contribution is 2.16. The Hall–Kier alpha value is -2.09. The number of aryl methyl sites for hydroxylation is 3. The second-order valence-electron chi connectivity index (χ2n) is 4.51. The fourth-order valence-corrected chi connectivity index (χ4v) is 1.71. The molecule has 0 fully saturated rings. The average molecular weight is 240 g/mol. The van der Waals surface area contributed by atoms with Crippen molar-refractivity contribution in [1.29, 1.82) is 0 Å². The number of hydrogen-bond donors (Lipinski definition) is 0. The van der Waals surface area contributed by atoms with Gasteiger partial charge in [0, 0.05) is 0 Å². The van der Waals surface area contributed by atoms with E-state index in [1.165, 1.54) is 5.56 Å². The summed E-state index contributed by atoms with van der Waals surface area (Å²) < 4.78 is 5.34. The van der Waals surface area contributed by atoms with E-state index in [2.05, 4.69) is 0 Å². The molecule has 2 aromatic rings. The van der Waals surface area contributed by atoms with Gasteiger partial charge in [-0.3, -0.25) is 0 Å². The van der Waals surface area contributed by atoms with Gasteiger partial charge in [0.25, 0.3) is 0 Å². The molecule has 0 aromatic heterocycles. The molecule has 0 radical (unpaired) electrons. The molecule has 0 heterocycles. The van der Waals surface area contributed by atoms with Gasteiger partial charge in [-0.25, -0.2) is 4.79 Å². The van der Waals surface area contributed by atoms with Gasteiger partial charge < -0.3 is 4.74 Å². The predicted molar refractivity (Wildman–Crippen MR) is 72.1 cm³/mol. The lowest BCUT2D eigenvalue weighted by atomic mass is 10.1. The van der Waals surface area contributed by atoms with Crippen LogP contribution in [-0.2, 0) is 0 Å². The fourth-order valence-electron chi connectivity index (χ4n) is 1.71. The number of ether oxygens (including phenoxy) is 1. The second kappa shape index (κ2) is 5.05. The Morgan fingerprint density at radius 1 is 0.944 bits per heavy atom. The Labute approximate surface area is 107 Å². The van der Waals surface area contributed by atoms with Crippen molar-refractivity contribution in [3.05, 3.63) is 64.7 Å². The smallest absolute Gasteiger partial charge is 0.343 e. The summed E-state index contributed by atoms with van der Waals surface area (Å²) >= 11 is 0. The van der Waals surface area contributed by atoms with Gasteiger partial charge in [-0.05, 0) is 61.7 Å². The maximum Gasteiger partial charge on any atom is 0.343 e. The van der Waals surface area contributed by atoms with Crippen molar-refractivity contribution in [2.45, 2.75) is 20.8 Å². The summed E-state index contributed by atoms with van der Waals surface area (Å²) in [5.41, 5.74) is 3.91. The van der Waals surface area contributed by atoms with Crippen LogP contribution in [0, 0.1) is 20.8 Å². The number of hydrogen-bond acceptors (Lipinski definition) is 2. The molecule has 0 atom stereocenters. The van der Waals surface area contributed by atoms with Crippen molar-refractivity contribution in [1.82, 2.24) is 0 Å². The third kappa shape index (κ3) is 2.77. The fraction of sp³-hybridized carbons (Fsp3) is 0.188. The van der Waals surface area contributed by atoms with Gasteiger partial charge in [0.1, 0.15) is 5.75 Å². The van der Waals surface area contributed by atoms with Crippen LogP contribution in [0.3, 0.4) is 0 Å². The van der Waals surface area contributed by atoms with Gasteiger partial charge in [-0.2, -0.15) is 0 Å². The second-order valence-corrected chi connectivity index (χ2v) is 4.51. The number of benzene rings is 2.